The molecule has 0 radical (unpaired) electrons. The molecular weight excluding hydrogens is 248 g/mol. The molecule has 1 aromatic rings. The van der Waals surface area contributed by atoms with Crippen molar-refractivity contribution >= 4 is 5.91 Å². The molecule has 0 aromatic heterocycles. The Morgan fingerprint density at radius 1 is 1.10 bits per heavy atom. The van der Waals surface area contributed by atoms with Crippen LogP contribution in [0.15, 0.2) is 24.3 Å². The minimum absolute atomic E-state index is 0.0737. The first-order chi connectivity index (χ1) is 9.40. The molecule has 0 saturated carbocycles. The second-order valence-electron chi connectivity index (χ2n) is 5.99. The fraction of sp³-hybridized carbons (Fsp3) is 0.588. The van der Waals surface area contributed by atoms with Crippen molar-refractivity contribution in [3.05, 3.63) is 35.4 Å². The molecule has 1 aromatic carbocycles. The Morgan fingerprint density at radius 2 is 1.70 bits per heavy atom. The van der Waals surface area contributed by atoms with Crippen LogP contribution in [0.3, 0.4) is 0 Å². The van der Waals surface area contributed by atoms with Crippen molar-refractivity contribution in [2.75, 3.05) is 6.54 Å². The lowest BCUT2D eigenvalue weighted by Crippen LogP contribution is -2.43. The van der Waals surface area contributed by atoms with Crippen LogP contribution in [-0.4, -0.2) is 18.5 Å². The van der Waals surface area contributed by atoms with Crippen LogP contribution in [0, 0.1) is 12.8 Å². The van der Waals surface area contributed by atoms with Gasteiger partial charge in [0.05, 0.1) is 6.04 Å². The highest BCUT2D eigenvalue weighted by Gasteiger charge is 2.15. The molecule has 0 saturated heterocycles. The quantitative estimate of drug-likeness (QED) is 0.803. The molecule has 2 N–H and O–H groups in total. The molecule has 0 spiro atoms. The van der Waals surface area contributed by atoms with Gasteiger partial charge in [0.25, 0.3) is 0 Å². The minimum atomic E-state index is -0.182. The van der Waals surface area contributed by atoms with Crippen LogP contribution >= 0.6 is 0 Å². The van der Waals surface area contributed by atoms with Crippen LogP contribution in [0.25, 0.3) is 0 Å². The fourth-order valence-electron chi connectivity index (χ4n) is 2.04. The van der Waals surface area contributed by atoms with E-state index in [4.69, 9.17) is 0 Å². The van der Waals surface area contributed by atoms with Crippen LogP contribution in [0.1, 0.15) is 51.3 Å². The molecule has 3 nitrogen and oxygen atoms in total. The first-order valence-corrected chi connectivity index (χ1v) is 7.50. The van der Waals surface area contributed by atoms with E-state index in [1.165, 1.54) is 11.1 Å². The van der Waals surface area contributed by atoms with Gasteiger partial charge in [-0.1, -0.05) is 43.7 Å². The topological polar surface area (TPSA) is 41.1 Å². The van der Waals surface area contributed by atoms with Gasteiger partial charge >= 0.3 is 0 Å². The van der Waals surface area contributed by atoms with E-state index < -0.39 is 0 Å². The smallest absolute Gasteiger partial charge is 0.236 e. The normalized spacial score (nSPS) is 14.1. The van der Waals surface area contributed by atoms with Gasteiger partial charge in [-0.25, -0.2) is 0 Å². The van der Waals surface area contributed by atoms with Crippen molar-refractivity contribution in [1.29, 1.82) is 0 Å². The SMILES string of the molecule is Cc1ccc([C@H](C)NC(C)C(=O)NCCC(C)C)cc1. The third-order valence-corrected chi connectivity index (χ3v) is 3.49. The van der Waals surface area contributed by atoms with Gasteiger partial charge in [-0.3, -0.25) is 10.1 Å². The summed E-state index contributed by atoms with van der Waals surface area (Å²) in [4.78, 5) is 12.0. The molecule has 1 amide bonds. The highest BCUT2D eigenvalue weighted by atomic mass is 16.2. The van der Waals surface area contributed by atoms with Gasteiger partial charge in [0.15, 0.2) is 0 Å². The van der Waals surface area contributed by atoms with Crippen LogP contribution in [0.4, 0.5) is 0 Å². The summed E-state index contributed by atoms with van der Waals surface area (Å²) < 4.78 is 0. The number of hydrogen-bond acceptors (Lipinski definition) is 2. The van der Waals surface area contributed by atoms with E-state index >= 15 is 0 Å². The highest BCUT2D eigenvalue weighted by Crippen LogP contribution is 2.13. The Hall–Kier alpha value is -1.35. The van der Waals surface area contributed by atoms with Crippen molar-refractivity contribution in [2.24, 2.45) is 5.92 Å². The Labute approximate surface area is 123 Å². The van der Waals surface area contributed by atoms with Gasteiger partial charge in [0, 0.05) is 12.6 Å². The number of aryl methyl sites for hydroxylation is 1. The molecule has 1 rings (SSSR count). The summed E-state index contributed by atoms with van der Waals surface area (Å²) >= 11 is 0. The molecule has 112 valence electrons. The second-order valence-corrected chi connectivity index (χ2v) is 5.99. The van der Waals surface area contributed by atoms with Crippen molar-refractivity contribution in [3.8, 4) is 0 Å². The number of carbonyl (C=O) groups excluding carboxylic acids is 1. The zero-order valence-corrected chi connectivity index (χ0v) is 13.4. The summed E-state index contributed by atoms with van der Waals surface area (Å²) in [6.45, 7) is 11.1. The number of rotatable bonds is 7. The molecule has 0 aliphatic rings. The third kappa shape index (κ3) is 5.74. The summed E-state index contributed by atoms with van der Waals surface area (Å²) in [7, 11) is 0. The van der Waals surface area contributed by atoms with Gasteiger partial charge in [-0.15, -0.1) is 0 Å². The van der Waals surface area contributed by atoms with E-state index in [1.54, 1.807) is 0 Å². The molecule has 0 aliphatic heterocycles. The standard InChI is InChI=1S/C17H28N2O/c1-12(2)10-11-18-17(20)15(5)19-14(4)16-8-6-13(3)7-9-16/h6-9,12,14-15,19H,10-11H2,1-5H3,(H,18,20)/t14-,15?/m0/s1. The van der Waals surface area contributed by atoms with E-state index in [0.29, 0.717) is 5.92 Å². The van der Waals surface area contributed by atoms with E-state index in [9.17, 15) is 4.79 Å². The molecule has 0 bridgehead atoms. The number of carbonyl (C=O) groups is 1. The van der Waals surface area contributed by atoms with E-state index in [0.717, 1.165) is 13.0 Å². The summed E-state index contributed by atoms with van der Waals surface area (Å²) in [5, 5.41) is 6.32. The maximum atomic E-state index is 12.0. The monoisotopic (exact) mass is 276 g/mol. The summed E-state index contributed by atoms with van der Waals surface area (Å²) in [5.41, 5.74) is 2.46. The summed E-state index contributed by atoms with van der Waals surface area (Å²) in [6.07, 6.45) is 1.02. The first kappa shape index (κ1) is 16.7. The molecule has 2 atom stereocenters. The average Bonchev–Trinajstić information content (AvgIpc) is 2.38. The zero-order valence-electron chi connectivity index (χ0n) is 13.4. The van der Waals surface area contributed by atoms with Crippen molar-refractivity contribution in [1.82, 2.24) is 10.6 Å². The summed E-state index contributed by atoms with van der Waals surface area (Å²) in [5.74, 6) is 0.689. The lowest BCUT2D eigenvalue weighted by Gasteiger charge is -2.20. The molecule has 1 unspecified atom stereocenters. The minimum Gasteiger partial charge on any atom is -0.355 e. The van der Waals surface area contributed by atoms with Crippen molar-refractivity contribution in [3.63, 3.8) is 0 Å². The van der Waals surface area contributed by atoms with Crippen LogP contribution < -0.4 is 10.6 Å². The third-order valence-electron chi connectivity index (χ3n) is 3.49. The number of benzene rings is 1. The van der Waals surface area contributed by atoms with Crippen LogP contribution in [-0.2, 0) is 4.79 Å². The molecule has 0 aliphatic carbocycles. The maximum Gasteiger partial charge on any atom is 0.236 e. The van der Waals surface area contributed by atoms with Gasteiger partial charge in [-0.2, -0.15) is 0 Å². The highest BCUT2D eigenvalue weighted by molar-refractivity contribution is 5.81. The van der Waals surface area contributed by atoms with Crippen molar-refractivity contribution < 1.29 is 4.79 Å². The molecule has 0 heterocycles. The lowest BCUT2D eigenvalue weighted by atomic mass is 10.1. The van der Waals surface area contributed by atoms with Crippen LogP contribution in [0.2, 0.25) is 0 Å². The zero-order chi connectivity index (χ0) is 15.1. The van der Waals surface area contributed by atoms with Gasteiger partial charge in [0.1, 0.15) is 0 Å². The lowest BCUT2D eigenvalue weighted by molar-refractivity contribution is -0.122. The Morgan fingerprint density at radius 3 is 2.25 bits per heavy atom. The largest absolute Gasteiger partial charge is 0.355 e. The fourth-order valence-corrected chi connectivity index (χ4v) is 2.04. The molecule has 3 heteroatoms. The van der Waals surface area contributed by atoms with Gasteiger partial charge < -0.3 is 5.32 Å². The van der Waals surface area contributed by atoms with E-state index in [2.05, 4.69) is 62.6 Å². The van der Waals surface area contributed by atoms with Crippen LogP contribution in [0.5, 0.6) is 0 Å². The molecular formula is C17H28N2O. The number of amides is 1. The van der Waals surface area contributed by atoms with Gasteiger partial charge in [0.2, 0.25) is 5.91 Å². The number of nitrogens with one attached hydrogen (secondary N) is 2. The number of hydrogen-bond donors (Lipinski definition) is 2. The van der Waals surface area contributed by atoms with E-state index in [-0.39, 0.29) is 18.0 Å². The average molecular weight is 276 g/mol. The summed E-state index contributed by atoms with van der Waals surface area (Å²) in [6, 6.07) is 8.40. The Bertz CT molecular complexity index is 412. The maximum absolute atomic E-state index is 12.0. The molecule has 0 fully saturated rings. The van der Waals surface area contributed by atoms with Gasteiger partial charge in [-0.05, 0) is 38.7 Å². The van der Waals surface area contributed by atoms with E-state index in [1.807, 2.05) is 6.92 Å². The predicted molar refractivity (Wildman–Crippen MR) is 84.7 cm³/mol. The second kappa shape index (κ2) is 8.05. The Balaban J connectivity index is 2.42. The van der Waals surface area contributed by atoms with Crippen molar-refractivity contribution in [2.45, 2.75) is 53.1 Å². The first-order valence-electron chi connectivity index (χ1n) is 7.50. The Kier molecular flexibility index (Phi) is 6.73. The molecule has 20 heavy (non-hydrogen) atoms. The predicted octanol–water partition coefficient (Wildman–Crippen LogP) is 3.20.